The topological polar surface area (TPSA) is 64.7 Å². The first-order valence-electron chi connectivity index (χ1n) is 6.30. The molecule has 19 heavy (non-hydrogen) atoms. The number of rotatable bonds is 6. The van der Waals surface area contributed by atoms with Gasteiger partial charge in [0.25, 0.3) is 0 Å². The van der Waals surface area contributed by atoms with Gasteiger partial charge in [-0.3, -0.25) is 0 Å². The van der Waals surface area contributed by atoms with Crippen LogP contribution in [0.15, 0.2) is 36.4 Å². The Morgan fingerprint density at radius 3 is 2.53 bits per heavy atom. The normalized spacial score (nSPS) is 12.6. The molecule has 4 nitrogen and oxygen atoms in total. The van der Waals surface area contributed by atoms with E-state index in [0.717, 1.165) is 22.1 Å². The molecule has 3 N–H and O–H groups in total. The van der Waals surface area contributed by atoms with Gasteiger partial charge in [-0.2, -0.15) is 0 Å². The molecule has 0 bridgehead atoms. The monoisotopic (exact) mass is 261 g/mol. The number of hydrogen-bond acceptors (Lipinski definition) is 4. The smallest absolute Gasteiger partial charge is 0.126 e. The standard InChI is InChI=1S/C15H19NO3/c1-18-14-7-6-13(15(10-16)19-9-8-17)11-4-2-3-5-12(11)14/h2-7,15,17H,8-10,16H2,1H3. The van der Waals surface area contributed by atoms with Crippen LogP contribution in [0.25, 0.3) is 10.8 Å². The number of aliphatic hydroxyl groups excluding tert-OH is 1. The van der Waals surface area contributed by atoms with Crippen LogP contribution in [0.2, 0.25) is 0 Å². The van der Waals surface area contributed by atoms with Crippen molar-refractivity contribution in [2.24, 2.45) is 5.73 Å². The zero-order chi connectivity index (χ0) is 13.7. The predicted octanol–water partition coefficient (Wildman–Crippen LogP) is 1.86. The number of ether oxygens (including phenoxy) is 2. The third-order valence-electron chi connectivity index (χ3n) is 3.11. The van der Waals surface area contributed by atoms with Crippen molar-refractivity contribution in [1.82, 2.24) is 0 Å². The lowest BCUT2D eigenvalue weighted by atomic mass is 9.99. The molecule has 0 amide bonds. The quantitative estimate of drug-likeness (QED) is 0.833. The summed E-state index contributed by atoms with van der Waals surface area (Å²) in [7, 11) is 1.66. The zero-order valence-electron chi connectivity index (χ0n) is 11.0. The lowest BCUT2D eigenvalue weighted by Crippen LogP contribution is -2.18. The highest BCUT2D eigenvalue weighted by atomic mass is 16.5. The molecule has 0 saturated heterocycles. The highest BCUT2D eigenvalue weighted by molar-refractivity contribution is 5.91. The van der Waals surface area contributed by atoms with Gasteiger partial charge >= 0.3 is 0 Å². The summed E-state index contributed by atoms with van der Waals surface area (Å²) in [6.45, 7) is 0.642. The first kappa shape index (κ1) is 13.8. The van der Waals surface area contributed by atoms with Crippen molar-refractivity contribution in [2.75, 3.05) is 26.9 Å². The Kier molecular flexibility index (Phi) is 4.74. The van der Waals surface area contributed by atoms with Crippen LogP contribution >= 0.6 is 0 Å². The largest absolute Gasteiger partial charge is 0.496 e. The van der Waals surface area contributed by atoms with Crippen LogP contribution < -0.4 is 10.5 Å². The lowest BCUT2D eigenvalue weighted by molar-refractivity contribution is 0.0336. The molecule has 0 saturated carbocycles. The number of aliphatic hydroxyl groups is 1. The van der Waals surface area contributed by atoms with Crippen LogP contribution in [-0.4, -0.2) is 32.0 Å². The van der Waals surface area contributed by atoms with Crippen LogP contribution in [0.4, 0.5) is 0 Å². The van der Waals surface area contributed by atoms with E-state index in [4.69, 9.17) is 20.3 Å². The van der Waals surface area contributed by atoms with Gasteiger partial charge in [0.2, 0.25) is 0 Å². The molecule has 2 aromatic carbocycles. The maximum atomic E-state index is 8.87. The summed E-state index contributed by atoms with van der Waals surface area (Å²) in [5.41, 5.74) is 6.79. The summed E-state index contributed by atoms with van der Waals surface area (Å²) in [4.78, 5) is 0. The molecule has 0 spiro atoms. The van der Waals surface area contributed by atoms with E-state index in [1.165, 1.54) is 0 Å². The average Bonchev–Trinajstić information content (AvgIpc) is 2.48. The summed E-state index contributed by atoms with van der Waals surface area (Å²) >= 11 is 0. The average molecular weight is 261 g/mol. The highest BCUT2D eigenvalue weighted by Gasteiger charge is 2.15. The second-order valence-corrected chi connectivity index (χ2v) is 4.22. The van der Waals surface area contributed by atoms with Crippen molar-refractivity contribution in [3.8, 4) is 5.75 Å². The van der Waals surface area contributed by atoms with Gasteiger partial charge in [-0.1, -0.05) is 30.3 Å². The molecule has 0 radical (unpaired) electrons. The van der Waals surface area contributed by atoms with E-state index in [9.17, 15) is 0 Å². The summed E-state index contributed by atoms with van der Waals surface area (Å²) in [6, 6.07) is 11.9. The zero-order valence-corrected chi connectivity index (χ0v) is 11.0. The van der Waals surface area contributed by atoms with Crippen molar-refractivity contribution in [3.63, 3.8) is 0 Å². The minimum atomic E-state index is -0.219. The van der Waals surface area contributed by atoms with Gasteiger partial charge in [0.05, 0.1) is 26.4 Å². The van der Waals surface area contributed by atoms with E-state index in [0.29, 0.717) is 6.54 Å². The minimum Gasteiger partial charge on any atom is -0.496 e. The Hall–Kier alpha value is -1.62. The Bertz CT molecular complexity index is 542. The Morgan fingerprint density at radius 1 is 1.16 bits per heavy atom. The SMILES string of the molecule is COc1ccc(C(CN)OCCO)c2ccccc12. The van der Waals surface area contributed by atoms with Gasteiger partial charge in [-0.25, -0.2) is 0 Å². The Labute approximate surface area is 112 Å². The summed E-state index contributed by atoms with van der Waals surface area (Å²) in [5.74, 6) is 0.831. The van der Waals surface area contributed by atoms with Gasteiger partial charge in [0.1, 0.15) is 5.75 Å². The van der Waals surface area contributed by atoms with Gasteiger partial charge in [-0.05, 0) is 17.0 Å². The van der Waals surface area contributed by atoms with Gasteiger partial charge in [-0.15, -0.1) is 0 Å². The first-order valence-corrected chi connectivity index (χ1v) is 6.30. The maximum Gasteiger partial charge on any atom is 0.126 e. The lowest BCUT2D eigenvalue weighted by Gasteiger charge is -2.19. The van der Waals surface area contributed by atoms with Crippen molar-refractivity contribution in [2.45, 2.75) is 6.10 Å². The predicted molar refractivity (Wildman–Crippen MR) is 75.3 cm³/mol. The van der Waals surface area contributed by atoms with Gasteiger partial charge in [0, 0.05) is 11.9 Å². The van der Waals surface area contributed by atoms with Crippen molar-refractivity contribution in [3.05, 3.63) is 42.0 Å². The van der Waals surface area contributed by atoms with E-state index >= 15 is 0 Å². The molecule has 102 valence electrons. The second-order valence-electron chi connectivity index (χ2n) is 4.22. The fourth-order valence-electron chi connectivity index (χ4n) is 2.23. The van der Waals surface area contributed by atoms with Crippen LogP contribution in [0.3, 0.4) is 0 Å². The summed E-state index contributed by atoms with van der Waals surface area (Å²) in [6.07, 6.45) is -0.219. The number of fused-ring (bicyclic) bond motifs is 1. The fraction of sp³-hybridized carbons (Fsp3) is 0.333. The van der Waals surface area contributed by atoms with Crippen LogP contribution in [0.1, 0.15) is 11.7 Å². The van der Waals surface area contributed by atoms with E-state index in [1.807, 2.05) is 36.4 Å². The third kappa shape index (κ3) is 2.87. The summed E-state index contributed by atoms with van der Waals surface area (Å²) < 4.78 is 11.0. The molecule has 0 aliphatic heterocycles. The molecule has 0 aliphatic rings. The van der Waals surface area contributed by atoms with Gasteiger partial charge < -0.3 is 20.3 Å². The molecule has 2 rings (SSSR count). The molecule has 0 heterocycles. The van der Waals surface area contributed by atoms with E-state index in [2.05, 4.69) is 0 Å². The Balaban J connectivity index is 2.48. The highest BCUT2D eigenvalue weighted by Crippen LogP contribution is 2.32. The molecule has 0 fully saturated rings. The van der Waals surface area contributed by atoms with Crippen molar-refractivity contribution < 1.29 is 14.6 Å². The second kappa shape index (κ2) is 6.52. The maximum absolute atomic E-state index is 8.87. The van der Waals surface area contributed by atoms with E-state index in [-0.39, 0.29) is 19.3 Å². The summed E-state index contributed by atoms with van der Waals surface area (Å²) in [5, 5.41) is 11.0. The third-order valence-corrected chi connectivity index (χ3v) is 3.11. The molecule has 0 aromatic heterocycles. The molecule has 1 atom stereocenters. The molecule has 0 aliphatic carbocycles. The minimum absolute atomic E-state index is 0.00934. The fourth-order valence-corrected chi connectivity index (χ4v) is 2.23. The van der Waals surface area contributed by atoms with Crippen LogP contribution in [-0.2, 0) is 4.74 Å². The van der Waals surface area contributed by atoms with Gasteiger partial charge in [0.15, 0.2) is 0 Å². The van der Waals surface area contributed by atoms with E-state index < -0.39 is 0 Å². The molecule has 2 aromatic rings. The number of benzene rings is 2. The number of methoxy groups -OCH3 is 1. The molecular formula is C15H19NO3. The van der Waals surface area contributed by atoms with Crippen LogP contribution in [0.5, 0.6) is 5.75 Å². The molecular weight excluding hydrogens is 242 g/mol. The van der Waals surface area contributed by atoms with Crippen LogP contribution in [0, 0.1) is 0 Å². The Morgan fingerprint density at radius 2 is 1.89 bits per heavy atom. The number of hydrogen-bond donors (Lipinski definition) is 2. The number of nitrogens with two attached hydrogens (primary N) is 1. The molecule has 1 unspecified atom stereocenters. The van der Waals surface area contributed by atoms with Crippen molar-refractivity contribution >= 4 is 10.8 Å². The molecule has 4 heteroatoms. The van der Waals surface area contributed by atoms with E-state index in [1.54, 1.807) is 7.11 Å². The first-order chi connectivity index (χ1) is 9.31. The van der Waals surface area contributed by atoms with Crippen molar-refractivity contribution in [1.29, 1.82) is 0 Å².